The normalized spacial score (nSPS) is 23.4. The number of benzene rings is 1. The molecule has 0 bridgehead atoms. The molecule has 1 aromatic carbocycles. The smallest absolute Gasteiger partial charge is 0.171 e. The van der Waals surface area contributed by atoms with E-state index in [4.69, 9.17) is 51.1 Å². The molecule has 2 atom stereocenters. The van der Waals surface area contributed by atoms with Gasteiger partial charge in [-0.2, -0.15) is 0 Å². The number of halogens is 4. The van der Waals surface area contributed by atoms with Gasteiger partial charge in [-0.25, -0.2) is 0 Å². The van der Waals surface area contributed by atoms with Crippen molar-refractivity contribution in [3.8, 4) is 0 Å². The van der Waals surface area contributed by atoms with Crippen LogP contribution in [0.5, 0.6) is 0 Å². The summed E-state index contributed by atoms with van der Waals surface area (Å²) < 4.78 is 5.38. The van der Waals surface area contributed by atoms with E-state index in [2.05, 4.69) is 0 Å². The summed E-state index contributed by atoms with van der Waals surface area (Å²) >= 11 is 23.8. The van der Waals surface area contributed by atoms with Crippen LogP contribution in [-0.2, 0) is 4.74 Å². The molecule has 1 aromatic rings. The Labute approximate surface area is 125 Å². The molecule has 1 aliphatic heterocycles. The van der Waals surface area contributed by atoms with Crippen molar-refractivity contribution in [2.75, 3.05) is 6.61 Å². The Hall–Kier alpha value is 0.01000. The van der Waals surface area contributed by atoms with Crippen molar-refractivity contribution >= 4 is 52.2 Å². The van der Waals surface area contributed by atoms with Crippen molar-refractivity contribution < 1.29 is 9.53 Å². The zero-order chi connectivity index (χ0) is 13.4. The van der Waals surface area contributed by atoms with Crippen LogP contribution in [-0.4, -0.2) is 18.5 Å². The number of ether oxygens (including phenoxy) is 1. The predicted molar refractivity (Wildman–Crippen MR) is 74.3 cm³/mol. The summed E-state index contributed by atoms with van der Waals surface area (Å²) in [7, 11) is 0. The molecule has 0 amide bonds. The third-order valence-electron chi connectivity index (χ3n) is 2.93. The predicted octanol–water partition coefficient (Wildman–Crippen LogP) is 4.91. The lowest BCUT2D eigenvalue weighted by Gasteiger charge is -2.12. The van der Waals surface area contributed by atoms with E-state index in [1.807, 2.05) is 6.92 Å². The molecule has 6 heteroatoms. The van der Waals surface area contributed by atoms with Gasteiger partial charge in [0.1, 0.15) is 0 Å². The third kappa shape index (κ3) is 2.63. The molecule has 1 heterocycles. The molecule has 2 unspecified atom stereocenters. The van der Waals surface area contributed by atoms with E-state index in [1.165, 1.54) is 6.07 Å². The molecular formula is C12H10Cl4O2. The van der Waals surface area contributed by atoms with Crippen molar-refractivity contribution in [3.63, 3.8) is 0 Å². The molecule has 0 N–H and O–H groups in total. The first-order chi connectivity index (χ1) is 8.41. The number of hydrogen-bond acceptors (Lipinski definition) is 2. The fraction of sp³-hybridized carbons (Fsp3) is 0.417. The first kappa shape index (κ1) is 14.4. The van der Waals surface area contributed by atoms with E-state index in [-0.39, 0.29) is 43.5 Å². The summed E-state index contributed by atoms with van der Waals surface area (Å²) in [6.07, 6.45) is 0.727. The highest BCUT2D eigenvalue weighted by Crippen LogP contribution is 2.39. The maximum Gasteiger partial charge on any atom is 0.171 e. The Kier molecular flexibility index (Phi) is 4.45. The number of rotatable bonds is 2. The molecular weight excluding hydrogens is 318 g/mol. The van der Waals surface area contributed by atoms with Crippen LogP contribution in [0.25, 0.3) is 0 Å². The average Bonchev–Trinajstić information content (AvgIpc) is 2.73. The molecule has 0 aliphatic carbocycles. The monoisotopic (exact) mass is 326 g/mol. The average molecular weight is 328 g/mol. The highest BCUT2D eigenvalue weighted by molar-refractivity contribution is 6.51. The third-order valence-corrected chi connectivity index (χ3v) is 4.49. The topological polar surface area (TPSA) is 26.3 Å². The first-order valence-corrected chi connectivity index (χ1v) is 6.91. The van der Waals surface area contributed by atoms with Gasteiger partial charge in [-0.3, -0.25) is 4.79 Å². The van der Waals surface area contributed by atoms with Gasteiger partial charge < -0.3 is 4.74 Å². The van der Waals surface area contributed by atoms with Gasteiger partial charge in [-0.1, -0.05) is 46.4 Å². The molecule has 0 aromatic heterocycles. The minimum absolute atomic E-state index is 0.0688. The van der Waals surface area contributed by atoms with E-state index in [0.29, 0.717) is 13.0 Å². The Morgan fingerprint density at radius 3 is 2.44 bits per heavy atom. The Balaban J connectivity index is 2.39. The molecule has 0 radical (unpaired) electrons. The zero-order valence-electron chi connectivity index (χ0n) is 9.47. The molecule has 1 aliphatic rings. The highest BCUT2D eigenvalue weighted by atomic mass is 35.5. The molecule has 0 spiro atoms. The lowest BCUT2D eigenvalue weighted by Crippen LogP contribution is -2.16. The summed E-state index contributed by atoms with van der Waals surface area (Å²) in [6.45, 7) is 2.30. The number of Topliss-reactive ketones (excluding diaryl/α,β-unsaturated/α-hetero) is 1. The second-order valence-electron chi connectivity index (χ2n) is 4.28. The quantitative estimate of drug-likeness (QED) is 0.438. The molecule has 98 valence electrons. The van der Waals surface area contributed by atoms with Gasteiger partial charge in [0.15, 0.2) is 5.78 Å². The fourth-order valence-electron chi connectivity index (χ4n) is 2.00. The lowest BCUT2D eigenvalue weighted by molar-refractivity contribution is 0.0878. The van der Waals surface area contributed by atoms with Crippen molar-refractivity contribution in [1.29, 1.82) is 0 Å². The van der Waals surface area contributed by atoms with Crippen molar-refractivity contribution in [2.45, 2.75) is 19.4 Å². The number of carbonyl (C=O) groups is 1. The van der Waals surface area contributed by atoms with Gasteiger partial charge in [0, 0.05) is 5.92 Å². The molecule has 1 fully saturated rings. The summed E-state index contributed by atoms with van der Waals surface area (Å²) in [5.41, 5.74) is 0.232. The second-order valence-corrected chi connectivity index (χ2v) is 5.85. The number of hydrogen-bond donors (Lipinski definition) is 0. The summed E-state index contributed by atoms with van der Waals surface area (Å²) in [5.74, 6) is -0.375. The van der Waals surface area contributed by atoms with Gasteiger partial charge in [0.2, 0.25) is 0 Å². The second kappa shape index (κ2) is 5.56. The van der Waals surface area contributed by atoms with Crippen LogP contribution in [0.2, 0.25) is 20.1 Å². The molecule has 0 saturated carbocycles. The van der Waals surface area contributed by atoms with Crippen LogP contribution in [0.15, 0.2) is 6.07 Å². The van der Waals surface area contributed by atoms with Crippen LogP contribution in [0, 0.1) is 5.92 Å². The van der Waals surface area contributed by atoms with Crippen molar-refractivity contribution in [1.82, 2.24) is 0 Å². The van der Waals surface area contributed by atoms with Gasteiger partial charge in [-0.15, -0.1) is 0 Å². The van der Waals surface area contributed by atoms with Gasteiger partial charge in [0.05, 0.1) is 38.4 Å². The zero-order valence-corrected chi connectivity index (χ0v) is 12.5. The maximum absolute atomic E-state index is 12.3. The molecule has 2 nitrogen and oxygen atoms in total. The van der Waals surface area contributed by atoms with Crippen LogP contribution < -0.4 is 0 Å². The largest absolute Gasteiger partial charge is 0.378 e. The Morgan fingerprint density at radius 2 is 1.89 bits per heavy atom. The highest BCUT2D eigenvalue weighted by Gasteiger charge is 2.32. The Morgan fingerprint density at radius 1 is 1.22 bits per heavy atom. The maximum atomic E-state index is 12.3. The lowest BCUT2D eigenvalue weighted by atomic mass is 9.95. The standard InChI is InChI=1S/C12H10Cl4O2/c1-5-2-6(4-18-5)12(17)9-7(13)3-8(14)10(15)11(9)16/h3,5-6H,2,4H2,1H3. The van der Waals surface area contributed by atoms with Crippen LogP contribution in [0.4, 0.5) is 0 Å². The van der Waals surface area contributed by atoms with Crippen molar-refractivity contribution in [2.24, 2.45) is 5.92 Å². The minimum atomic E-state index is -0.229. The Bertz CT molecular complexity index is 501. The van der Waals surface area contributed by atoms with Crippen LogP contribution >= 0.6 is 46.4 Å². The van der Waals surface area contributed by atoms with Crippen LogP contribution in [0.1, 0.15) is 23.7 Å². The molecule has 2 rings (SSSR count). The van der Waals surface area contributed by atoms with E-state index in [1.54, 1.807) is 0 Å². The summed E-state index contributed by atoms with van der Waals surface area (Å²) in [5, 5.41) is 0.718. The number of ketones is 1. The van der Waals surface area contributed by atoms with Crippen molar-refractivity contribution in [3.05, 3.63) is 31.7 Å². The van der Waals surface area contributed by atoms with Gasteiger partial charge >= 0.3 is 0 Å². The van der Waals surface area contributed by atoms with E-state index >= 15 is 0 Å². The van der Waals surface area contributed by atoms with Crippen LogP contribution in [0.3, 0.4) is 0 Å². The molecule has 1 saturated heterocycles. The van der Waals surface area contributed by atoms with E-state index in [9.17, 15) is 4.79 Å². The SMILES string of the molecule is CC1CC(C(=O)c2c(Cl)cc(Cl)c(Cl)c2Cl)CO1. The minimum Gasteiger partial charge on any atom is -0.378 e. The van der Waals surface area contributed by atoms with E-state index < -0.39 is 0 Å². The van der Waals surface area contributed by atoms with Gasteiger partial charge in [0.25, 0.3) is 0 Å². The summed E-state index contributed by atoms with van der Waals surface area (Å²) in [6, 6.07) is 1.43. The number of carbonyl (C=O) groups excluding carboxylic acids is 1. The fourth-order valence-corrected chi connectivity index (χ4v) is 3.09. The van der Waals surface area contributed by atoms with E-state index in [0.717, 1.165) is 0 Å². The first-order valence-electron chi connectivity index (χ1n) is 5.40. The van der Waals surface area contributed by atoms with Gasteiger partial charge in [-0.05, 0) is 19.4 Å². The molecule has 18 heavy (non-hydrogen) atoms. The summed E-state index contributed by atoms with van der Waals surface area (Å²) in [4.78, 5) is 12.3.